The van der Waals surface area contributed by atoms with E-state index in [1.807, 2.05) is 59.9 Å². The Balaban J connectivity index is 2.10. The second kappa shape index (κ2) is 6.71. The molecular formula is C16H25N3OS. The van der Waals surface area contributed by atoms with Crippen molar-refractivity contribution in [1.82, 2.24) is 9.80 Å². The van der Waals surface area contributed by atoms with Gasteiger partial charge < -0.3 is 14.7 Å². The van der Waals surface area contributed by atoms with Gasteiger partial charge >= 0.3 is 0 Å². The summed E-state index contributed by atoms with van der Waals surface area (Å²) in [5.74, 6) is 0.142. The molecule has 1 aromatic carbocycles. The number of hydrogen-bond donors (Lipinski definition) is 0. The zero-order valence-corrected chi connectivity index (χ0v) is 14.4. The van der Waals surface area contributed by atoms with E-state index in [-0.39, 0.29) is 5.91 Å². The molecule has 1 amide bonds. The van der Waals surface area contributed by atoms with Crippen LogP contribution in [-0.4, -0.2) is 74.5 Å². The summed E-state index contributed by atoms with van der Waals surface area (Å²) < 4.78 is 0. The molecule has 1 aliphatic heterocycles. The van der Waals surface area contributed by atoms with Gasteiger partial charge in [-0.05, 0) is 44.6 Å². The number of carbonyl (C=O) groups is 1. The molecule has 2 rings (SSSR count). The van der Waals surface area contributed by atoms with E-state index >= 15 is 0 Å². The molecule has 0 bridgehead atoms. The summed E-state index contributed by atoms with van der Waals surface area (Å²) in [4.78, 5) is 18.9. The van der Waals surface area contributed by atoms with Crippen LogP contribution < -0.4 is 4.90 Å². The summed E-state index contributed by atoms with van der Waals surface area (Å²) in [6.45, 7) is 1.64. The summed E-state index contributed by atoms with van der Waals surface area (Å²) in [6.07, 6.45) is 2.13. The lowest BCUT2D eigenvalue weighted by atomic mass is 10.2. The maximum atomic E-state index is 12.6. The van der Waals surface area contributed by atoms with Crippen molar-refractivity contribution in [3.63, 3.8) is 0 Å². The third-order valence-corrected chi connectivity index (χ3v) is 5.19. The Kier molecular flexibility index (Phi) is 5.17. The van der Waals surface area contributed by atoms with Gasteiger partial charge in [-0.25, -0.2) is 0 Å². The van der Waals surface area contributed by atoms with E-state index in [2.05, 4.69) is 25.3 Å². The van der Waals surface area contributed by atoms with Gasteiger partial charge in [-0.15, -0.1) is 0 Å². The van der Waals surface area contributed by atoms with Crippen LogP contribution in [0.15, 0.2) is 24.3 Å². The molecular weight excluding hydrogens is 282 g/mol. The highest BCUT2D eigenvalue weighted by Crippen LogP contribution is 2.25. The molecule has 0 unspecified atom stereocenters. The first-order valence-electron chi connectivity index (χ1n) is 7.20. The first-order valence-corrected chi connectivity index (χ1v) is 8.48. The standard InChI is InChI=1S/C16H25N3OS/c1-17(2)13-8-6-12(7-9-13)16(20)19-10-14(18(3)4)15(11-19)21-5/h6-9,14-15H,10-11H2,1-5H3/t14-,15+/m1/s1. The number of carbonyl (C=O) groups excluding carboxylic acids is 1. The lowest BCUT2D eigenvalue weighted by molar-refractivity contribution is 0.0783. The zero-order valence-electron chi connectivity index (χ0n) is 13.5. The number of nitrogens with zero attached hydrogens (tertiary/aromatic N) is 3. The van der Waals surface area contributed by atoms with Crippen molar-refractivity contribution in [3.05, 3.63) is 29.8 Å². The molecule has 1 aromatic rings. The van der Waals surface area contributed by atoms with Crippen LogP contribution in [0.3, 0.4) is 0 Å². The molecule has 0 saturated carbocycles. The number of likely N-dealkylation sites (N-methyl/N-ethyl adjacent to an activating group) is 1. The van der Waals surface area contributed by atoms with E-state index in [1.54, 1.807) is 0 Å². The van der Waals surface area contributed by atoms with Crippen molar-refractivity contribution in [2.45, 2.75) is 11.3 Å². The predicted molar refractivity (Wildman–Crippen MR) is 91.5 cm³/mol. The molecule has 1 fully saturated rings. The van der Waals surface area contributed by atoms with E-state index in [0.717, 1.165) is 24.3 Å². The Morgan fingerprint density at radius 2 is 1.76 bits per heavy atom. The Bertz CT molecular complexity index is 487. The van der Waals surface area contributed by atoms with Crippen LogP contribution in [0.2, 0.25) is 0 Å². The van der Waals surface area contributed by atoms with Crippen molar-refractivity contribution < 1.29 is 4.79 Å². The second-order valence-electron chi connectivity index (χ2n) is 5.96. The van der Waals surface area contributed by atoms with Crippen LogP contribution >= 0.6 is 11.8 Å². The second-order valence-corrected chi connectivity index (χ2v) is 7.03. The van der Waals surface area contributed by atoms with E-state index in [9.17, 15) is 4.79 Å². The molecule has 21 heavy (non-hydrogen) atoms. The summed E-state index contributed by atoms with van der Waals surface area (Å²) in [7, 11) is 8.19. The molecule has 1 heterocycles. The van der Waals surface area contributed by atoms with E-state index in [0.29, 0.717) is 11.3 Å². The van der Waals surface area contributed by atoms with Gasteiger partial charge in [-0.3, -0.25) is 4.79 Å². The molecule has 0 spiro atoms. The number of thioether (sulfide) groups is 1. The molecule has 5 heteroatoms. The number of rotatable bonds is 4. The lowest BCUT2D eigenvalue weighted by Crippen LogP contribution is -2.37. The molecule has 2 atom stereocenters. The molecule has 0 N–H and O–H groups in total. The van der Waals surface area contributed by atoms with E-state index < -0.39 is 0 Å². The number of amides is 1. The molecule has 4 nitrogen and oxygen atoms in total. The lowest BCUT2D eigenvalue weighted by Gasteiger charge is -2.23. The van der Waals surface area contributed by atoms with Gasteiger partial charge in [0.15, 0.2) is 0 Å². The van der Waals surface area contributed by atoms with Crippen LogP contribution in [0.25, 0.3) is 0 Å². The minimum absolute atomic E-state index is 0.142. The average Bonchev–Trinajstić information content (AvgIpc) is 2.91. The van der Waals surface area contributed by atoms with Crippen molar-refractivity contribution in [2.75, 3.05) is 52.4 Å². The Morgan fingerprint density at radius 3 is 2.19 bits per heavy atom. The summed E-state index contributed by atoms with van der Waals surface area (Å²) >= 11 is 1.85. The Hall–Kier alpha value is -1.20. The fourth-order valence-electron chi connectivity index (χ4n) is 2.73. The number of likely N-dealkylation sites (tertiary alicyclic amines) is 1. The smallest absolute Gasteiger partial charge is 0.253 e. The maximum Gasteiger partial charge on any atom is 0.253 e. The van der Waals surface area contributed by atoms with Gasteiger partial charge in [0.25, 0.3) is 5.91 Å². The molecule has 0 radical (unpaired) electrons. The van der Waals surface area contributed by atoms with Crippen molar-refractivity contribution >= 4 is 23.4 Å². The highest BCUT2D eigenvalue weighted by molar-refractivity contribution is 7.99. The largest absolute Gasteiger partial charge is 0.378 e. The Labute approximate surface area is 132 Å². The van der Waals surface area contributed by atoms with Crippen LogP contribution in [-0.2, 0) is 0 Å². The summed E-state index contributed by atoms with van der Waals surface area (Å²) in [6, 6.07) is 8.28. The van der Waals surface area contributed by atoms with Crippen LogP contribution in [0.4, 0.5) is 5.69 Å². The summed E-state index contributed by atoms with van der Waals surface area (Å²) in [5, 5.41) is 0.491. The maximum absolute atomic E-state index is 12.6. The van der Waals surface area contributed by atoms with Crippen LogP contribution in [0.1, 0.15) is 10.4 Å². The molecule has 0 aliphatic carbocycles. The SMILES string of the molecule is CS[C@H]1CN(C(=O)c2ccc(N(C)C)cc2)C[C@H]1N(C)C. The van der Waals surface area contributed by atoms with Crippen LogP contribution in [0, 0.1) is 0 Å². The molecule has 1 aliphatic rings. The van der Waals surface area contributed by atoms with E-state index in [4.69, 9.17) is 0 Å². The minimum atomic E-state index is 0.142. The minimum Gasteiger partial charge on any atom is -0.378 e. The van der Waals surface area contributed by atoms with Gasteiger partial charge in [0.05, 0.1) is 0 Å². The topological polar surface area (TPSA) is 26.8 Å². The first kappa shape index (κ1) is 16.2. The van der Waals surface area contributed by atoms with Gasteiger partial charge in [0.1, 0.15) is 0 Å². The predicted octanol–water partition coefficient (Wildman–Crippen LogP) is 1.87. The monoisotopic (exact) mass is 307 g/mol. The highest BCUT2D eigenvalue weighted by atomic mass is 32.2. The van der Waals surface area contributed by atoms with Gasteiger partial charge in [-0.2, -0.15) is 11.8 Å². The first-order chi connectivity index (χ1) is 9.93. The zero-order chi connectivity index (χ0) is 15.6. The fourth-order valence-corrected chi connectivity index (χ4v) is 3.71. The average molecular weight is 307 g/mol. The third-order valence-electron chi connectivity index (χ3n) is 4.12. The third kappa shape index (κ3) is 3.52. The number of benzene rings is 1. The fraction of sp³-hybridized carbons (Fsp3) is 0.562. The van der Waals surface area contributed by atoms with Gasteiger partial charge in [0, 0.05) is 49.7 Å². The van der Waals surface area contributed by atoms with E-state index in [1.165, 1.54) is 0 Å². The molecule has 116 valence electrons. The Morgan fingerprint density at radius 1 is 1.14 bits per heavy atom. The molecule has 1 saturated heterocycles. The normalized spacial score (nSPS) is 21.9. The van der Waals surface area contributed by atoms with Gasteiger partial charge in [-0.1, -0.05) is 0 Å². The molecule has 0 aromatic heterocycles. The van der Waals surface area contributed by atoms with Crippen molar-refractivity contribution in [2.24, 2.45) is 0 Å². The van der Waals surface area contributed by atoms with Crippen LogP contribution in [0.5, 0.6) is 0 Å². The number of anilines is 1. The van der Waals surface area contributed by atoms with Gasteiger partial charge in [0.2, 0.25) is 0 Å². The van der Waals surface area contributed by atoms with Crippen molar-refractivity contribution in [1.29, 1.82) is 0 Å². The number of hydrogen-bond acceptors (Lipinski definition) is 4. The summed E-state index contributed by atoms with van der Waals surface area (Å²) in [5.41, 5.74) is 1.89. The highest BCUT2D eigenvalue weighted by Gasteiger charge is 2.36. The quantitative estimate of drug-likeness (QED) is 0.848. The van der Waals surface area contributed by atoms with Crippen molar-refractivity contribution in [3.8, 4) is 0 Å².